The van der Waals surface area contributed by atoms with Crippen LogP contribution in [0.2, 0.25) is 0 Å². The maximum atomic E-state index is 15.2. The van der Waals surface area contributed by atoms with Gasteiger partial charge in [0.2, 0.25) is 23.7 Å². The van der Waals surface area contributed by atoms with Crippen molar-refractivity contribution in [1.82, 2.24) is 25.5 Å². The van der Waals surface area contributed by atoms with Crippen molar-refractivity contribution < 1.29 is 23.2 Å². The quantitative estimate of drug-likeness (QED) is 0.133. The molecule has 4 aliphatic rings. The lowest BCUT2D eigenvalue weighted by Crippen LogP contribution is -2.50. The van der Waals surface area contributed by atoms with Gasteiger partial charge in [0.15, 0.2) is 5.82 Å². The van der Waals surface area contributed by atoms with Crippen molar-refractivity contribution in [2.24, 2.45) is 5.92 Å². The average Bonchev–Trinajstić information content (AvgIpc) is 3.24. The predicted molar refractivity (Wildman–Crippen MR) is 216 cm³/mol. The summed E-state index contributed by atoms with van der Waals surface area (Å²) in [6, 6.07) is 22.8. The standard InChI is InChI=1S/C44H50F2N8O3/c45-36-26-34(48-38-14-16-40(55)51-43(38)57)13-15-39(36)54-23-19-35(20-24-54)53-21-17-29(18-22-53)42(56)49-32-9-11-33(12-10-32)50-44-47-27-37(46)41(52-44)31-8-4-7-30(25-31)28-5-2-1-3-6-28/h1-8,13,15,25-27,29,32-33,35,38,48H,9-12,14,16-24H2,(H,49,56)(H,47,50,52)(H,51,55,57)/t32-,33-,38?. The number of benzene rings is 3. The first-order valence-corrected chi connectivity index (χ1v) is 20.4. The Morgan fingerprint density at radius 2 is 1.44 bits per heavy atom. The van der Waals surface area contributed by atoms with E-state index in [0.29, 0.717) is 35.3 Å². The minimum absolute atomic E-state index is 0.00464. The lowest BCUT2D eigenvalue weighted by molar-refractivity contribution is -0.133. The summed E-state index contributed by atoms with van der Waals surface area (Å²) in [6.07, 6.45) is 8.81. The van der Waals surface area contributed by atoms with Crippen molar-refractivity contribution >= 4 is 35.0 Å². The zero-order chi connectivity index (χ0) is 39.3. The number of piperidine rings is 3. The molecule has 11 nitrogen and oxygen atoms in total. The van der Waals surface area contributed by atoms with Crippen LogP contribution >= 0.6 is 0 Å². The van der Waals surface area contributed by atoms with Gasteiger partial charge in [0.05, 0.1) is 11.9 Å². The summed E-state index contributed by atoms with van der Waals surface area (Å²) in [6.45, 7) is 3.25. The number of likely N-dealkylation sites (tertiary alicyclic amines) is 1. The molecule has 4 fully saturated rings. The van der Waals surface area contributed by atoms with Crippen LogP contribution in [0, 0.1) is 17.6 Å². The van der Waals surface area contributed by atoms with E-state index in [1.165, 1.54) is 12.3 Å². The third-order valence-corrected chi connectivity index (χ3v) is 12.1. The molecule has 4 aromatic rings. The van der Waals surface area contributed by atoms with Gasteiger partial charge in [0, 0.05) is 54.8 Å². The molecule has 3 amide bonds. The van der Waals surface area contributed by atoms with Crippen LogP contribution in [-0.2, 0) is 14.4 Å². The van der Waals surface area contributed by atoms with Crippen molar-refractivity contribution in [1.29, 1.82) is 0 Å². The fourth-order valence-electron chi connectivity index (χ4n) is 8.88. The summed E-state index contributed by atoms with van der Waals surface area (Å²) in [5.41, 5.74) is 4.08. The fraction of sp³-hybridized carbons (Fsp3) is 0.432. The summed E-state index contributed by atoms with van der Waals surface area (Å²) < 4.78 is 30.2. The molecule has 3 aliphatic heterocycles. The maximum Gasteiger partial charge on any atom is 0.249 e. The Morgan fingerprint density at radius 1 is 0.719 bits per heavy atom. The lowest BCUT2D eigenvalue weighted by Gasteiger charge is -2.42. The van der Waals surface area contributed by atoms with Crippen LogP contribution in [-0.4, -0.2) is 82.9 Å². The monoisotopic (exact) mass is 776 g/mol. The summed E-state index contributed by atoms with van der Waals surface area (Å²) in [7, 11) is 0. The zero-order valence-corrected chi connectivity index (χ0v) is 32.1. The second-order valence-corrected chi connectivity index (χ2v) is 15.9. The van der Waals surface area contributed by atoms with Gasteiger partial charge >= 0.3 is 0 Å². The lowest BCUT2D eigenvalue weighted by atomic mass is 9.89. The average molecular weight is 777 g/mol. The Balaban J connectivity index is 0.756. The fourth-order valence-corrected chi connectivity index (χ4v) is 8.88. The van der Waals surface area contributed by atoms with Gasteiger partial charge in [-0.25, -0.2) is 18.7 Å². The Morgan fingerprint density at radius 3 is 2.18 bits per heavy atom. The van der Waals surface area contributed by atoms with E-state index < -0.39 is 11.9 Å². The van der Waals surface area contributed by atoms with E-state index in [0.717, 1.165) is 88.7 Å². The predicted octanol–water partition coefficient (Wildman–Crippen LogP) is 6.53. The van der Waals surface area contributed by atoms with E-state index in [4.69, 9.17) is 0 Å². The Hall–Kier alpha value is -5.43. The highest BCUT2D eigenvalue weighted by molar-refractivity contribution is 6.01. The zero-order valence-electron chi connectivity index (χ0n) is 32.1. The molecular formula is C44H50F2N8O3. The van der Waals surface area contributed by atoms with Crippen molar-refractivity contribution in [3.8, 4) is 22.4 Å². The van der Waals surface area contributed by atoms with Gasteiger partial charge in [-0.15, -0.1) is 0 Å². The highest BCUT2D eigenvalue weighted by atomic mass is 19.1. The van der Waals surface area contributed by atoms with Crippen LogP contribution in [0.5, 0.6) is 0 Å². The molecule has 298 valence electrons. The van der Waals surface area contributed by atoms with Crippen LogP contribution < -0.4 is 26.2 Å². The van der Waals surface area contributed by atoms with Crippen molar-refractivity contribution in [3.63, 3.8) is 0 Å². The number of nitrogens with zero attached hydrogens (tertiary/aromatic N) is 4. The number of rotatable bonds is 10. The van der Waals surface area contributed by atoms with Crippen molar-refractivity contribution in [2.75, 3.05) is 41.7 Å². The van der Waals surface area contributed by atoms with Crippen molar-refractivity contribution in [3.05, 3.63) is 90.6 Å². The number of halogens is 2. The molecule has 1 aliphatic carbocycles. The molecule has 1 aromatic heterocycles. The highest BCUT2D eigenvalue weighted by Crippen LogP contribution is 2.31. The summed E-state index contributed by atoms with van der Waals surface area (Å²) >= 11 is 0. The van der Waals surface area contributed by atoms with E-state index in [9.17, 15) is 18.8 Å². The minimum atomic E-state index is -0.557. The summed E-state index contributed by atoms with van der Waals surface area (Å²) in [4.78, 5) is 50.3. The molecule has 1 unspecified atom stereocenters. The topological polar surface area (TPSA) is 132 Å². The number of hydrogen-bond donors (Lipinski definition) is 4. The van der Waals surface area contributed by atoms with Crippen molar-refractivity contribution in [2.45, 2.75) is 88.4 Å². The van der Waals surface area contributed by atoms with Gasteiger partial charge in [0.1, 0.15) is 17.6 Å². The van der Waals surface area contributed by atoms with E-state index in [1.54, 1.807) is 12.1 Å². The second kappa shape index (κ2) is 17.4. The normalized spacial score (nSPS) is 22.5. The van der Waals surface area contributed by atoms with Gasteiger partial charge in [-0.2, -0.15) is 0 Å². The van der Waals surface area contributed by atoms with Gasteiger partial charge in [0.25, 0.3) is 0 Å². The van der Waals surface area contributed by atoms with Gasteiger partial charge in [-0.3, -0.25) is 19.7 Å². The molecule has 4 N–H and O–H groups in total. The van der Waals surface area contributed by atoms with E-state index in [2.05, 4.69) is 41.0 Å². The van der Waals surface area contributed by atoms with Gasteiger partial charge in [-0.05, 0) is 106 Å². The van der Waals surface area contributed by atoms with E-state index >= 15 is 4.39 Å². The summed E-state index contributed by atoms with van der Waals surface area (Å²) in [5, 5.41) is 12.1. The number of hydrogen-bond acceptors (Lipinski definition) is 9. The molecule has 8 rings (SSSR count). The van der Waals surface area contributed by atoms with Crippen LogP contribution in [0.15, 0.2) is 79.0 Å². The number of amides is 3. The third-order valence-electron chi connectivity index (χ3n) is 12.1. The Labute approximate surface area is 332 Å². The molecule has 1 atom stereocenters. The first kappa shape index (κ1) is 38.4. The minimum Gasteiger partial charge on any atom is -0.374 e. The molecule has 0 radical (unpaired) electrons. The molecular weight excluding hydrogens is 727 g/mol. The highest BCUT2D eigenvalue weighted by Gasteiger charge is 2.33. The van der Waals surface area contributed by atoms with Gasteiger partial charge in [-0.1, -0.05) is 48.5 Å². The maximum absolute atomic E-state index is 15.2. The van der Waals surface area contributed by atoms with Crippen LogP contribution in [0.25, 0.3) is 22.4 Å². The number of carbonyl (C=O) groups is 3. The first-order chi connectivity index (χ1) is 27.8. The number of nitrogens with one attached hydrogen (secondary N) is 4. The number of carbonyl (C=O) groups excluding carboxylic acids is 3. The first-order valence-electron chi connectivity index (χ1n) is 20.4. The Kier molecular flexibility index (Phi) is 11.7. The van der Waals surface area contributed by atoms with E-state index in [-0.39, 0.29) is 53.7 Å². The molecule has 0 spiro atoms. The Bertz CT molecular complexity index is 2060. The molecule has 3 aromatic carbocycles. The summed E-state index contributed by atoms with van der Waals surface area (Å²) in [5.74, 6) is -0.904. The number of anilines is 3. The largest absolute Gasteiger partial charge is 0.374 e. The molecule has 4 heterocycles. The van der Waals surface area contributed by atoms with Gasteiger partial charge < -0.3 is 25.8 Å². The SMILES string of the molecule is O=C1CCC(Nc2ccc(N3CCC(N4CCC(C(=O)N[C@H]5CC[C@H](Nc6ncc(F)c(-c7cccc(-c8ccccc8)c7)n6)CC5)CC4)CC3)c(F)c2)C(=O)N1. The molecule has 0 bridgehead atoms. The van der Waals surface area contributed by atoms with Crippen LogP contribution in [0.4, 0.5) is 26.1 Å². The number of imide groups is 1. The molecule has 57 heavy (non-hydrogen) atoms. The molecule has 1 saturated carbocycles. The molecule has 13 heteroatoms. The van der Waals surface area contributed by atoms with Crippen LogP contribution in [0.3, 0.4) is 0 Å². The third kappa shape index (κ3) is 9.25. The van der Waals surface area contributed by atoms with E-state index in [1.807, 2.05) is 54.6 Å². The second-order valence-electron chi connectivity index (χ2n) is 15.9. The van der Waals surface area contributed by atoms with Crippen LogP contribution in [0.1, 0.15) is 64.2 Å². The number of aromatic nitrogens is 2. The molecule has 3 saturated heterocycles. The smallest absolute Gasteiger partial charge is 0.249 e.